The van der Waals surface area contributed by atoms with Crippen molar-refractivity contribution in [2.45, 2.75) is 51.6 Å². The summed E-state index contributed by atoms with van der Waals surface area (Å²) in [6.07, 6.45) is 4.88. The molecule has 2 aliphatic rings. The van der Waals surface area contributed by atoms with Crippen LogP contribution in [0.15, 0.2) is 0 Å². The molecule has 0 spiro atoms. The van der Waals surface area contributed by atoms with E-state index in [1.54, 1.807) is 4.90 Å². The Bertz CT molecular complexity index is 407. The minimum Gasteiger partial charge on any atom is -0.481 e. The molecule has 0 bridgehead atoms. The third-order valence-electron chi connectivity index (χ3n) is 4.82. The Morgan fingerprint density at radius 3 is 2.59 bits per heavy atom. The molecular weight excluding hydrogens is 284 g/mol. The largest absolute Gasteiger partial charge is 0.481 e. The highest BCUT2D eigenvalue weighted by molar-refractivity contribution is 5.76. The highest BCUT2D eigenvalue weighted by Gasteiger charge is 2.36. The fraction of sp³-hybridized carbons (Fsp3) is 0.875. The van der Waals surface area contributed by atoms with Gasteiger partial charge in [-0.05, 0) is 32.1 Å². The average Bonchev–Trinajstić information content (AvgIpc) is 2.93. The van der Waals surface area contributed by atoms with Gasteiger partial charge in [-0.25, -0.2) is 4.79 Å². The van der Waals surface area contributed by atoms with Gasteiger partial charge in [-0.15, -0.1) is 0 Å². The van der Waals surface area contributed by atoms with Crippen LogP contribution in [0.5, 0.6) is 0 Å². The number of hydrogen-bond donors (Lipinski definition) is 2. The van der Waals surface area contributed by atoms with Crippen LogP contribution in [0.2, 0.25) is 0 Å². The van der Waals surface area contributed by atoms with Crippen LogP contribution < -0.4 is 5.32 Å². The minimum atomic E-state index is -0.814. The van der Waals surface area contributed by atoms with Crippen LogP contribution in [0, 0.1) is 11.8 Å². The molecule has 0 aromatic carbocycles. The molecule has 1 aliphatic heterocycles. The number of rotatable bonds is 5. The van der Waals surface area contributed by atoms with Crippen molar-refractivity contribution in [3.63, 3.8) is 0 Å². The molecule has 0 aromatic rings. The number of carboxylic acids is 1. The first-order valence-electron chi connectivity index (χ1n) is 8.35. The summed E-state index contributed by atoms with van der Waals surface area (Å²) < 4.78 is 5.88. The van der Waals surface area contributed by atoms with Gasteiger partial charge in [0.2, 0.25) is 0 Å². The lowest BCUT2D eigenvalue weighted by Gasteiger charge is -2.36. The molecule has 2 N–H and O–H groups in total. The number of nitrogens with one attached hydrogen (secondary N) is 1. The maximum atomic E-state index is 12.4. The van der Waals surface area contributed by atoms with Gasteiger partial charge in [0.05, 0.1) is 11.5 Å². The van der Waals surface area contributed by atoms with Crippen molar-refractivity contribution in [3.05, 3.63) is 0 Å². The molecule has 1 saturated heterocycles. The Morgan fingerprint density at radius 2 is 2.00 bits per heavy atom. The quantitative estimate of drug-likeness (QED) is 0.815. The normalized spacial score (nSPS) is 27.6. The van der Waals surface area contributed by atoms with Crippen LogP contribution in [-0.2, 0) is 9.53 Å². The number of carbonyl (C=O) groups is 2. The van der Waals surface area contributed by atoms with E-state index in [4.69, 9.17) is 4.74 Å². The summed E-state index contributed by atoms with van der Waals surface area (Å²) in [5.74, 6) is -1.05. The number of ether oxygens (including phenoxy) is 1. The Morgan fingerprint density at radius 1 is 1.32 bits per heavy atom. The molecule has 2 atom stereocenters. The maximum Gasteiger partial charge on any atom is 0.317 e. The van der Waals surface area contributed by atoms with Crippen LogP contribution in [0.25, 0.3) is 0 Å². The van der Waals surface area contributed by atoms with E-state index in [9.17, 15) is 14.7 Å². The zero-order valence-electron chi connectivity index (χ0n) is 13.6. The van der Waals surface area contributed by atoms with E-state index in [1.165, 1.54) is 0 Å². The van der Waals surface area contributed by atoms with Crippen molar-refractivity contribution in [2.24, 2.45) is 11.8 Å². The molecule has 1 heterocycles. The number of nitrogens with zero attached hydrogens (tertiary/aromatic N) is 1. The second kappa shape index (κ2) is 7.31. The molecule has 6 nitrogen and oxygen atoms in total. The van der Waals surface area contributed by atoms with Crippen LogP contribution in [0.3, 0.4) is 0 Å². The van der Waals surface area contributed by atoms with Gasteiger partial charge in [-0.1, -0.05) is 19.8 Å². The third-order valence-corrected chi connectivity index (χ3v) is 4.82. The molecular formula is C16H28N2O4. The monoisotopic (exact) mass is 312 g/mol. The molecule has 2 unspecified atom stereocenters. The van der Waals surface area contributed by atoms with Crippen molar-refractivity contribution in [1.29, 1.82) is 0 Å². The lowest BCUT2D eigenvalue weighted by atomic mass is 9.91. The number of piperidine rings is 1. The smallest absolute Gasteiger partial charge is 0.317 e. The van der Waals surface area contributed by atoms with Crippen LogP contribution in [-0.4, -0.2) is 53.8 Å². The van der Waals surface area contributed by atoms with Crippen molar-refractivity contribution < 1.29 is 19.4 Å². The number of carboxylic acid groups (broad SMARTS) is 1. The van der Waals surface area contributed by atoms with Crippen molar-refractivity contribution >= 4 is 12.0 Å². The number of urea groups is 1. The van der Waals surface area contributed by atoms with E-state index < -0.39 is 11.9 Å². The fourth-order valence-corrected chi connectivity index (χ4v) is 3.74. The number of aliphatic carboxylic acids is 1. The van der Waals surface area contributed by atoms with E-state index in [-0.39, 0.29) is 17.6 Å². The average molecular weight is 312 g/mol. The lowest BCUT2D eigenvalue weighted by Crippen LogP contribution is -2.52. The van der Waals surface area contributed by atoms with Crippen LogP contribution in [0.1, 0.15) is 46.0 Å². The Balaban J connectivity index is 1.89. The van der Waals surface area contributed by atoms with E-state index in [2.05, 4.69) is 5.32 Å². The van der Waals surface area contributed by atoms with Gasteiger partial charge in [0, 0.05) is 26.2 Å². The van der Waals surface area contributed by atoms with E-state index in [1.807, 2.05) is 13.8 Å². The number of carbonyl (C=O) groups excluding carboxylic acids is 1. The molecule has 2 rings (SSSR count). The van der Waals surface area contributed by atoms with Crippen molar-refractivity contribution in [2.75, 3.05) is 26.2 Å². The highest BCUT2D eigenvalue weighted by atomic mass is 16.5. The second-order valence-electron chi connectivity index (χ2n) is 6.76. The summed E-state index contributed by atoms with van der Waals surface area (Å²) >= 11 is 0. The first-order chi connectivity index (χ1) is 10.5. The molecule has 126 valence electrons. The lowest BCUT2D eigenvalue weighted by molar-refractivity contribution is -0.143. The Labute approximate surface area is 132 Å². The van der Waals surface area contributed by atoms with E-state index >= 15 is 0 Å². The SMILES string of the molecule is CCOC1(CNC(=O)N2CC(C)CC(C(=O)O)C2)CCCC1. The predicted octanol–water partition coefficient (Wildman–Crippen LogP) is 2.09. The Hall–Kier alpha value is -1.30. The van der Waals surface area contributed by atoms with E-state index in [0.717, 1.165) is 25.7 Å². The van der Waals surface area contributed by atoms with Gasteiger partial charge < -0.3 is 20.1 Å². The topological polar surface area (TPSA) is 78.9 Å². The molecule has 2 amide bonds. The van der Waals surface area contributed by atoms with Gasteiger partial charge in [0.1, 0.15) is 0 Å². The van der Waals surface area contributed by atoms with Crippen LogP contribution in [0.4, 0.5) is 4.79 Å². The third kappa shape index (κ3) is 4.12. The molecule has 0 aromatic heterocycles. The summed E-state index contributed by atoms with van der Waals surface area (Å²) in [4.78, 5) is 25.2. The summed E-state index contributed by atoms with van der Waals surface area (Å²) in [6, 6.07) is -0.163. The van der Waals surface area contributed by atoms with Gasteiger partial charge in [-0.2, -0.15) is 0 Å². The summed E-state index contributed by atoms with van der Waals surface area (Å²) in [6.45, 7) is 6.06. The highest BCUT2D eigenvalue weighted by Crippen LogP contribution is 2.32. The predicted molar refractivity (Wildman–Crippen MR) is 82.7 cm³/mol. The second-order valence-corrected chi connectivity index (χ2v) is 6.76. The molecule has 0 radical (unpaired) electrons. The number of amides is 2. The molecule has 1 saturated carbocycles. The zero-order valence-corrected chi connectivity index (χ0v) is 13.6. The fourth-order valence-electron chi connectivity index (χ4n) is 3.74. The first-order valence-corrected chi connectivity index (χ1v) is 8.35. The van der Waals surface area contributed by atoms with Gasteiger partial charge in [0.15, 0.2) is 0 Å². The van der Waals surface area contributed by atoms with Gasteiger partial charge in [-0.3, -0.25) is 4.79 Å². The summed E-state index contributed by atoms with van der Waals surface area (Å²) in [5, 5.41) is 12.2. The van der Waals surface area contributed by atoms with Crippen molar-refractivity contribution in [1.82, 2.24) is 10.2 Å². The molecule has 1 aliphatic carbocycles. The van der Waals surface area contributed by atoms with Crippen molar-refractivity contribution in [3.8, 4) is 0 Å². The first kappa shape index (κ1) is 17.1. The summed E-state index contributed by atoms with van der Waals surface area (Å²) in [7, 11) is 0. The minimum absolute atomic E-state index is 0.163. The van der Waals surface area contributed by atoms with Crippen LogP contribution >= 0.6 is 0 Å². The van der Waals surface area contributed by atoms with Gasteiger partial charge in [0.25, 0.3) is 0 Å². The maximum absolute atomic E-state index is 12.4. The molecule has 6 heteroatoms. The molecule has 2 fully saturated rings. The Kier molecular flexibility index (Phi) is 5.67. The number of likely N-dealkylation sites (tertiary alicyclic amines) is 1. The van der Waals surface area contributed by atoms with E-state index in [0.29, 0.717) is 32.7 Å². The molecule has 22 heavy (non-hydrogen) atoms. The number of hydrogen-bond acceptors (Lipinski definition) is 3. The summed E-state index contributed by atoms with van der Waals surface area (Å²) in [5.41, 5.74) is -0.224. The standard InChI is InChI=1S/C16H28N2O4/c1-3-22-16(6-4-5-7-16)11-17-15(21)18-9-12(2)8-13(10-18)14(19)20/h12-13H,3-11H2,1-2H3,(H,17,21)(H,19,20). The van der Waals surface area contributed by atoms with Gasteiger partial charge >= 0.3 is 12.0 Å². The zero-order chi connectivity index (χ0) is 16.2.